The van der Waals surface area contributed by atoms with Crippen LogP contribution >= 0.6 is 11.8 Å². The van der Waals surface area contributed by atoms with Crippen LogP contribution in [0.5, 0.6) is 0 Å². The molecule has 1 N–H and O–H groups in total. The van der Waals surface area contributed by atoms with Gasteiger partial charge in [0.1, 0.15) is 0 Å². The Labute approximate surface area is 121 Å². The largest absolute Gasteiger partial charge is 0.342 e. The van der Waals surface area contributed by atoms with E-state index in [2.05, 4.69) is 16.5 Å². The Bertz CT molecular complexity index is 277. The van der Waals surface area contributed by atoms with Crippen LogP contribution in [-0.2, 0) is 4.79 Å². The topological polar surface area (TPSA) is 32.3 Å². The van der Waals surface area contributed by atoms with Crippen molar-refractivity contribution < 1.29 is 4.79 Å². The van der Waals surface area contributed by atoms with Crippen LogP contribution in [0, 0.1) is 0 Å². The van der Waals surface area contributed by atoms with Gasteiger partial charge in [-0.15, -0.1) is 0 Å². The molecule has 1 aliphatic carbocycles. The normalized spacial score (nSPS) is 29.0. The first kappa shape index (κ1) is 15.2. The molecule has 2 atom stereocenters. The van der Waals surface area contributed by atoms with Crippen LogP contribution < -0.4 is 5.32 Å². The third-order valence-electron chi connectivity index (χ3n) is 4.48. The lowest BCUT2D eigenvalue weighted by Crippen LogP contribution is -2.46. The van der Waals surface area contributed by atoms with Gasteiger partial charge in [0.15, 0.2) is 0 Å². The second-order valence-corrected chi connectivity index (χ2v) is 6.92. The van der Waals surface area contributed by atoms with Gasteiger partial charge in [0.25, 0.3) is 0 Å². The van der Waals surface area contributed by atoms with Crippen LogP contribution in [0.1, 0.15) is 51.4 Å². The highest BCUT2D eigenvalue weighted by molar-refractivity contribution is 7.99. The molecule has 3 nitrogen and oxygen atoms in total. The maximum absolute atomic E-state index is 12.2. The zero-order valence-corrected chi connectivity index (χ0v) is 13.0. The van der Waals surface area contributed by atoms with Crippen molar-refractivity contribution in [1.82, 2.24) is 10.2 Å². The molecular formula is C15H28N2OS. The Hall–Kier alpha value is -0.220. The summed E-state index contributed by atoms with van der Waals surface area (Å²) in [5.41, 5.74) is 0. The standard InChI is InChI=1S/C15H28N2OS/c1-19-14-9-5-4-8-13(14)16-12-15(18)17-10-6-2-3-7-11-17/h13-14,16H,2-12H2,1H3. The fourth-order valence-electron chi connectivity index (χ4n) is 3.26. The Morgan fingerprint density at radius 1 is 1.11 bits per heavy atom. The molecule has 0 spiro atoms. The summed E-state index contributed by atoms with van der Waals surface area (Å²) in [6.45, 7) is 2.48. The van der Waals surface area contributed by atoms with Gasteiger partial charge in [-0.2, -0.15) is 11.8 Å². The van der Waals surface area contributed by atoms with Gasteiger partial charge in [-0.3, -0.25) is 4.79 Å². The van der Waals surface area contributed by atoms with Crippen LogP contribution in [0.25, 0.3) is 0 Å². The van der Waals surface area contributed by atoms with E-state index in [0.717, 1.165) is 13.1 Å². The molecule has 2 unspecified atom stereocenters. The molecular weight excluding hydrogens is 256 g/mol. The number of likely N-dealkylation sites (tertiary alicyclic amines) is 1. The van der Waals surface area contributed by atoms with Crippen LogP contribution in [0.15, 0.2) is 0 Å². The van der Waals surface area contributed by atoms with Gasteiger partial charge in [0.2, 0.25) is 5.91 Å². The number of hydrogen-bond acceptors (Lipinski definition) is 3. The SMILES string of the molecule is CSC1CCCCC1NCC(=O)N1CCCCCC1. The molecule has 0 aromatic carbocycles. The van der Waals surface area contributed by atoms with E-state index in [9.17, 15) is 4.79 Å². The fourth-order valence-corrected chi connectivity index (χ4v) is 4.23. The van der Waals surface area contributed by atoms with Crippen molar-refractivity contribution in [2.24, 2.45) is 0 Å². The third kappa shape index (κ3) is 4.67. The van der Waals surface area contributed by atoms with Crippen molar-refractivity contribution in [2.75, 3.05) is 25.9 Å². The highest BCUT2D eigenvalue weighted by atomic mass is 32.2. The first-order valence-electron chi connectivity index (χ1n) is 7.85. The summed E-state index contributed by atoms with van der Waals surface area (Å²) >= 11 is 1.96. The van der Waals surface area contributed by atoms with Gasteiger partial charge in [-0.05, 0) is 31.9 Å². The number of thioether (sulfide) groups is 1. The van der Waals surface area contributed by atoms with Crippen molar-refractivity contribution in [3.63, 3.8) is 0 Å². The molecule has 0 radical (unpaired) electrons. The molecule has 1 amide bonds. The maximum Gasteiger partial charge on any atom is 0.236 e. The highest BCUT2D eigenvalue weighted by Gasteiger charge is 2.25. The van der Waals surface area contributed by atoms with Crippen molar-refractivity contribution in [1.29, 1.82) is 0 Å². The van der Waals surface area contributed by atoms with Crippen molar-refractivity contribution in [2.45, 2.75) is 62.7 Å². The van der Waals surface area contributed by atoms with Gasteiger partial charge in [-0.1, -0.05) is 25.7 Å². The van der Waals surface area contributed by atoms with E-state index < -0.39 is 0 Å². The quantitative estimate of drug-likeness (QED) is 0.861. The number of carbonyl (C=O) groups is 1. The first-order chi connectivity index (χ1) is 9.31. The van der Waals surface area contributed by atoms with Crippen molar-refractivity contribution in [3.8, 4) is 0 Å². The smallest absolute Gasteiger partial charge is 0.236 e. The highest BCUT2D eigenvalue weighted by Crippen LogP contribution is 2.27. The van der Waals surface area contributed by atoms with Gasteiger partial charge in [0, 0.05) is 24.4 Å². The lowest BCUT2D eigenvalue weighted by Gasteiger charge is -2.31. The lowest BCUT2D eigenvalue weighted by molar-refractivity contribution is -0.130. The van der Waals surface area contributed by atoms with E-state index in [1.807, 2.05) is 11.8 Å². The van der Waals surface area contributed by atoms with Crippen molar-refractivity contribution in [3.05, 3.63) is 0 Å². The number of nitrogens with zero attached hydrogens (tertiary/aromatic N) is 1. The van der Waals surface area contributed by atoms with Crippen molar-refractivity contribution >= 4 is 17.7 Å². The Morgan fingerprint density at radius 3 is 2.47 bits per heavy atom. The van der Waals surface area contributed by atoms with Crippen LogP contribution in [-0.4, -0.2) is 48.0 Å². The van der Waals surface area contributed by atoms with E-state index in [1.54, 1.807) is 0 Å². The monoisotopic (exact) mass is 284 g/mol. The molecule has 0 aromatic rings. The number of amides is 1. The minimum Gasteiger partial charge on any atom is -0.342 e. The summed E-state index contributed by atoms with van der Waals surface area (Å²) < 4.78 is 0. The molecule has 0 aromatic heterocycles. The minimum absolute atomic E-state index is 0.312. The molecule has 19 heavy (non-hydrogen) atoms. The molecule has 1 saturated carbocycles. The second kappa shape index (κ2) is 8.15. The number of nitrogens with one attached hydrogen (secondary N) is 1. The van der Waals surface area contributed by atoms with E-state index in [4.69, 9.17) is 0 Å². The van der Waals surface area contributed by atoms with E-state index in [0.29, 0.717) is 23.7 Å². The Kier molecular flexibility index (Phi) is 6.51. The Morgan fingerprint density at radius 2 is 1.79 bits per heavy atom. The van der Waals surface area contributed by atoms with Crippen LogP contribution in [0.4, 0.5) is 0 Å². The predicted octanol–water partition coefficient (Wildman–Crippen LogP) is 2.65. The molecule has 1 aliphatic heterocycles. The fraction of sp³-hybridized carbons (Fsp3) is 0.933. The molecule has 2 fully saturated rings. The van der Waals surface area contributed by atoms with Gasteiger partial charge < -0.3 is 10.2 Å². The molecule has 1 heterocycles. The molecule has 110 valence electrons. The summed E-state index contributed by atoms with van der Waals surface area (Å²) in [5, 5.41) is 4.23. The summed E-state index contributed by atoms with van der Waals surface area (Å²) in [5.74, 6) is 0.312. The average Bonchev–Trinajstić information content (AvgIpc) is 2.74. The summed E-state index contributed by atoms with van der Waals surface area (Å²) in [6.07, 6.45) is 12.3. The molecule has 2 rings (SSSR count). The average molecular weight is 284 g/mol. The third-order valence-corrected chi connectivity index (χ3v) is 5.65. The van der Waals surface area contributed by atoms with Gasteiger partial charge >= 0.3 is 0 Å². The van der Waals surface area contributed by atoms with Crippen LogP contribution in [0.3, 0.4) is 0 Å². The van der Waals surface area contributed by atoms with Gasteiger partial charge in [-0.25, -0.2) is 0 Å². The molecule has 4 heteroatoms. The number of rotatable bonds is 4. The Balaban J connectivity index is 1.75. The number of hydrogen-bond donors (Lipinski definition) is 1. The summed E-state index contributed by atoms with van der Waals surface area (Å²) in [4.78, 5) is 14.3. The van der Waals surface area contributed by atoms with E-state index in [-0.39, 0.29) is 0 Å². The summed E-state index contributed by atoms with van der Waals surface area (Å²) in [7, 11) is 0. The van der Waals surface area contributed by atoms with Gasteiger partial charge in [0.05, 0.1) is 6.54 Å². The zero-order chi connectivity index (χ0) is 13.5. The predicted molar refractivity (Wildman–Crippen MR) is 82.6 cm³/mol. The van der Waals surface area contributed by atoms with E-state index >= 15 is 0 Å². The lowest BCUT2D eigenvalue weighted by atomic mass is 9.95. The zero-order valence-electron chi connectivity index (χ0n) is 12.2. The minimum atomic E-state index is 0.312. The number of carbonyl (C=O) groups excluding carboxylic acids is 1. The summed E-state index contributed by atoms with van der Waals surface area (Å²) in [6, 6.07) is 0.541. The first-order valence-corrected chi connectivity index (χ1v) is 9.14. The molecule has 0 bridgehead atoms. The molecule has 2 aliphatic rings. The molecule has 1 saturated heterocycles. The second-order valence-electron chi connectivity index (χ2n) is 5.84. The maximum atomic E-state index is 12.2. The van der Waals surface area contributed by atoms with E-state index in [1.165, 1.54) is 51.4 Å². The van der Waals surface area contributed by atoms with Crippen LogP contribution in [0.2, 0.25) is 0 Å².